The summed E-state index contributed by atoms with van der Waals surface area (Å²) in [5.74, 6) is -1.81. The van der Waals surface area contributed by atoms with Crippen molar-refractivity contribution in [2.24, 2.45) is 0 Å². The number of carboxylic acids is 1. The molecule has 0 saturated heterocycles. The number of alkyl carbamates (subject to hydrolysis) is 1. The number of carbonyl (C=O) groups excluding carboxylic acids is 1. The number of rotatable bonds is 7. The highest BCUT2D eigenvalue weighted by atomic mass is 19.1. The van der Waals surface area contributed by atoms with Crippen LogP contribution >= 0.6 is 0 Å². The molecule has 1 aliphatic rings. The fourth-order valence-corrected chi connectivity index (χ4v) is 4.00. The Labute approximate surface area is 185 Å². The summed E-state index contributed by atoms with van der Waals surface area (Å²) in [6, 6.07) is 20.1. The number of carbonyl (C=O) groups is 2. The lowest BCUT2D eigenvalue weighted by molar-refractivity contribution is 0.0696. The maximum absolute atomic E-state index is 13.9. The van der Waals surface area contributed by atoms with Crippen LogP contribution in [0.25, 0.3) is 17.2 Å². The first-order valence-corrected chi connectivity index (χ1v) is 10.3. The molecule has 0 bridgehead atoms. The molecule has 0 aromatic heterocycles. The van der Waals surface area contributed by atoms with Gasteiger partial charge in [-0.2, -0.15) is 0 Å². The maximum atomic E-state index is 13.9. The van der Waals surface area contributed by atoms with Crippen LogP contribution in [0.2, 0.25) is 0 Å². The fourth-order valence-electron chi connectivity index (χ4n) is 4.00. The van der Waals surface area contributed by atoms with E-state index in [-0.39, 0.29) is 30.2 Å². The van der Waals surface area contributed by atoms with E-state index < -0.39 is 17.9 Å². The zero-order valence-corrected chi connectivity index (χ0v) is 17.3. The zero-order chi connectivity index (χ0) is 22.5. The van der Waals surface area contributed by atoms with Crippen LogP contribution in [0.5, 0.6) is 0 Å². The van der Waals surface area contributed by atoms with E-state index in [0.29, 0.717) is 6.42 Å². The standard InChI is InChI=1S/C26H22FNO4/c27-24-14-7-13-22(25(29)30)21(24)12-5-6-15-28-26(31)32-16-23-19-10-3-1-8-17(19)18-9-2-4-11-20(18)23/h1-5,7-14,23H,6,15-16H2,(H,28,31)(H,29,30). The predicted octanol–water partition coefficient (Wildman–Crippen LogP) is 5.47. The molecule has 3 aromatic rings. The molecule has 32 heavy (non-hydrogen) atoms. The Morgan fingerprint density at radius 1 is 0.969 bits per heavy atom. The van der Waals surface area contributed by atoms with Gasteiger partial charge in [0.2, 0.25) is 0 Å². The lowest BCUT2D eigenvalue weighted by Gasteiger charge is -2.14. The highest BCUT2D eigenvalue weighted by Crippen LogP contribution is 2.44. The lowest BCUT2D eigenvalue weighted by atomic mass is 9.98. The fraction of sp³-hybridized carbons (Fsp3) is 0.154. The van der Waals surface area contributed by atoms with Crippen LogP contribution in [0.1, 0.15) is 39.4 Å². The number of carboxylic acid groups (broad SMARTS) is 1. The number of benzene rings is 3. The van der Waals surface area contributed by atoms with Crippen molar-refractivity contribution in [3.8, 4) is 11.1 Å². The second-order valence-corrected chi connectivity index (χ2v) is 7.45. The van der Waals surface area contributed by atoms with E-state index in [0.717, 1.165) is 22.3 Å². The first-order chi connectivity index (χ1) is 15.6. The molecule has 0 atom stereocenters. The molecular formula is C26H22FNO4. The molecule has 1 aliphatic carbocycles. The van der Waals surface area contributed by atoms with Gasteiger partial charge in [0.05, 0.1) is 5.56 Å². The summed E-state index contributed by atoms with van der Waals surface area (Å²) in [6.45, 7) is 0.511. The van der Waals surface area contributed by atoms with E-state index in [2.05, 4.69) is 29.6 Å². The first-order valence-electron chi connectivity index (χ1n) is 10.3. The third-order valence-electron chi connectivity index (χ3n) is 5.49. The topological polar surface area (TPSA) is 75.6 Å². The number of ether oxygens (including phenoxy) is 1. The van der Waals surface area contributed by atoms with Crippen LogP contribution in [0.15, 0.2) is 72.8 Å². The molecule has 5 nitrogen and oxygen atoms in total. The average Bonchev–Trinajstić information content (AvgIpc) is 3.12. The van der Waals surface area contributed by atoms with Crippen molar-refractivity contribution in [1.29, 1.82) is 0 Å². The number of halogens is 1. The maximum Gasteiger partial charge on any atom is 0.407 e. The van der Waals surface area contributed by atoms with E-state index in [1.807, 2.05) is 24.3 Å². The van der Waals surface area contributed by atoms with Crippen molar-refractivity contribution in [2.75, 3.05) is 13.2 Å². The van der Waals surface area contributed by atoms with E-state index >= 15 is 0 Å². The summed E-state index contributed by atoms with van der Waals surface area (Å²) >= 11 is 0. The van der Waals surface area contributed by atoms with E-state index in [4.69, 9.17) is 9.84 Å². The molecule has 0 unspecified atom stereocenters. The smallest absolute Gasteiger partial charge is 0.407 e. The van der Waals surface area contributed by atoms with E-state index in [9.17, 15) is 14.0 Å². The summed E-state index contributed by atoms with van der Waals surface area (Å²) in [7, 11) is 0. The van der Waals surface area contributed by atoms with Crippen LogP contribution in [0.3, 0.4) is 0 Å². The van der Waals surface area contributed by atoms with E-state index in [1.165, 1.54) is 24.3 Å². The number of amides is 1. The summed E-state index contributed by atoms with van der Waals surface area (Å²) in [6.07, 6.45) is 2.90. The SMILES string of the molecule is O=C(NCCC=Cc1c(F)cccc1C(=O)O)OCC1c2ccccc2-c2ccccc21. The summed E-state index contributed by atoms with van der Waals surface area (Å²) in [5.41, 5.74) is 4.52. The van der Waals surface area contributed by atoms with Crippen LogP contribution in [0.4, 0.5) is 9.18 Å². The van der Waals surface area contributed by atoms with Gasteiger partial charge in [0.25, 0.3) is 0 Å². The third kappa shape index (κ3) is 4.39. The monoisotopic (exact) mass is 431 g/mol. The van der Waals surface area contributed by atoms with Crippen molar-refractivity contribution < 1.29 is 23.8 Å². The number of fused-ring (bicyclic) bond motifs is 3. The summed E-state index contributed by atoms with van der Waals surface area (Å²) in [4.78, 5) is 23.4. The Morgan fingerprint density at radius 3 is 2.28 bits per heavy atom. The Kier molecular flexibility index (Phi) is 6.31. The second kappa shape index (κ2) is 9.47. The van der Waals surface area contributed by atoms with Gasteiger partial charge < -0.3 is 15.2 Å². The lowest BCUT2D eigenvalue weighted by Crippen LogP contribution is -2.26. The molecule has 1 amide bonds. The molecule has 0 spiro atoms. The van der Waals surface area contributed by atoms with Gasteiger partial charge in [0.1, 0.15) is 12.4 Å². The Bertz CT molecular complexity index is 1140. The highest BCUT2D eigenvalue weighted by Gasteiger charge is 2.28. The molecule has 0 aliphatic heterocycles. The van der Waals surface area contributed by atoms with Gasteiger partial charge in [-0.1, -0.05) is 66.7 Å². The van der Waals surface area contributed by atoms with E-state index in [1.54, 1.807) is 6.08 Å². The minimum absolute atomic E-state index is 0.0106. The van der Waals surface area contributed by atoms with Gasteiger partial charge in [-0.05, 0) is 40.8 Å². The van der Waals surface area contributed by atoms with Crippen LogP contribution in [-0.4, -0.2) is 30.3 Å². The van der Waals surface area contributed by atoms with Crippen molar-refractivity contribution in [1.82, 2.24) is 5.32 Å². The quantitative estimate of drug-likeness (QED) is 0.487. The second-order valence-electron chi connectivity index (χ2n) is 7.45. The molecule has 6 heteroatoms. The minimum Gasteiger partial charge on any atom is -0.478 e. The number of aromatic carboxylic acids is 1. The van der Waals surface area contributed by atoms with Gasteiger partial charge in [-0.15, -0.1) is 0 Å². The zero-order valence-electron chi connectivity index (χ0n) is 17.3. The van der Waals surface area contributed by atoms with Gasteiger partial charge in [0.15, 0.2) is 0 Å². The minimum atomic E-state index is -1.19. The normalized spacial score (nSPS) is 12.4. The highest BCUT2D eigenvalue weighted by molar-refractivity contribution is 5.92. The Hall–Kier alpha value is -3.93. The number of nitrogens with one attached hydrogen (secondary N) is 1. The summed E-state index contributed by atoms with van der Waals surface area (Å²) in [5, 5.41) is 11.8. The van der Waals surface area contributed by atoms with Crippen molar-refractivity contribution >= 4 is 18.1 Å². The van der Waals surface area contributed by atoms with Gasteiger partial charge >= 0.3 is 12.1 Å². The molecular weight excluding hydrogens is 409 g/mol. The third-order valence-corrected chi connectivity index (χ3v) is 5.49. The predicted molar refractivity (Wildman–Crippen MR) is 120 cm³/mol. The van der Waals surface area contributed by atoms with Gasteiger partial charge in [0, 0.05) is 18.0 Å². The number of hydrogen-bond acceptors (Lipinski definition) is 3. The van der Waals surface area contributed by atoms with Crippen molar-refractivity contribution in [3.05, 3.63) is 101 Å². The summed E-state index contributed by atoms with van der Waals surface area (Å²) < 4.78 is 19.4. The van der Waals surface area contributed by atoms with Crippen LogP contribution in [0, 0.1) is 5.82 Å². The molecule has 3 aromatic carbocycles. The number of hydrogen-bond donors (Lipinski definition) is 2. The van der Waals surface area contributed by atoms with Crippen molar-refractivity contribution in [3.63, 3.8) is 0 Å². The average molecular weight is 431 g/mol. The molecule has 0 heterocycles. The molecule has 2 N–H and O–H groups in total. The van der Waals surface area contributed by atoms with Crippen LogP contribution in [-0.2, 0) is 4.74 Å². The van der Waals surface area contributed by atoms with Gasteiger partial charge in [-0.25, -0.2) is 14.0 Å². The molecule has 0 radical (unpaired) electrons. The molecule has 4 rings (SSSR count). The van der Waals surface area contributed by atoms with Crippen LogP contribution < -0.4 is 5.32 Å². The molecule has 0 fully saturated rings. The van der Waals surface area contributed by atoms with Crippen molar-refractivity contribution in [2.45, 2.75) is 12.3 Å². The Morgan fingerprint density at radius 2 is 1.62 bits per heavy atom. The Balaban J connectivity index is 1.30. The molecule has 0 saturated carbocycles. The van der Waals surface area contributed by atoms with Gasteiger partial charge in [-0.3, -0.25) is 0 Å². The first kappa shape index (κ1) is 21.3. The largest absolute Gasteiger partial charge is 0.478 e. The molecule has 162 valence electrons.